The summed E-state index contributed by atoms with van der Waals surface area (Å²) in [5, 5.41) is 0. The van der Waals surface area contributed by atoms with Crippen molar-refractivity contribution in [2.45, 2.75) is 62.4 Å². The highest BCUT2D eigenvalue weighted by molar-refractivity contribution is 5.99. The molecule has 1 aromatic rings. The maximum atomic E-state index is 13.2. The number of piperidine rings is 1. The third-order valence-electron chi connectivity index (χ3n) is 9.11. The molecule has 6 aliphatic rings. The molecule has 0 N–H and O–H groups in total. The van der Waals surface area contributed by atoms with Crippen molar-refractivity contribution in [3.8, 4) is 0 Å². The molecule has 2 bridgehead atoms. The van der Waals surface area contributed by atoms with Gasteiger partial charge >= 0.3 is 5.97 Å². The molecule has 2 saturated heterocycles. The van der Waals surface area contributed by atoms with Crippen molar-refractivity contribution in [2.75, 3.05) is 25.1 Å². The van der Waals surface area contributed by atoms with E-state index < -0.39 is 5.54 Å². The van der Waals surface area contributed by atoms with E-state index in [1.165, 1.54) is 25.5 Å². The number of hydrogen-bond acceptors (Lipinski definition) is 4. The lowest BCUT2D eigenvalue weighted by atomic mass is 9.38. The normalized spacial score (nSPS) is 42.7. The largest absolute Gasteiger partial charge is 0.469 e. The van der Waals surface area contributed by atoms with Crippen LogP contribution in [-0.4, -0.2) is 48.6 Å². The predicted molar refractivity (Wildman–Crippen MR) is 105 cm³/mol. The second-order valence-corrected chi connectivity index (χ2v) is 9.70. The smallest absolute Gasteiger partial charge is 0.311 e. The lowest BCUT2D eigenvalue weighted by Gasteiger charge is -2.70. The first-order chi connectivity index (χ1) is 13.5. The van der Waals surface area contributed by atoms with Gasteiger partial charge in [-0.25, -0.2) is 0 Å². The van der Waals surface area contributed by atoms with Crippen LogP contribution in [0.25, 0.3) is 0 Å². The molecule has 3 aliphatic heterocycles. The molecule has 3 aliphatic carbocycles. The Labute approximate surface area is 166 Å². The van der Waals surface area contributed by atoms with Crippen LogP contribution >= 0.6 is 0 Å². The maximum absolute atomic E-state index is 13.2. The number of para-hydroxylation sites is 1. The third-order valence-corrected chi connectivity index (χ3v) is 9.11. The van der Waals surface area contributed by atoms with Crippen molar-refractivity contribution in [1.82, 2.24) is 4.90 Å². The minimum Gasteiger partial charge on any atom is -0.469 e. The molecule has 0 radical (unpaired) electrons. The summed E-state index contributed by atoms with van der Waals surface area (Å²) in [6.07, 6.45) is 6.33. The fourth-order valence-electron chi connectivity index (χ4n) is 8.69. The first-order valence-corrected chi connectivity index (χ1v) is 10.7. The summed E-state index contributed by atoms with van der Waals surface area (Å²) in [5.74, 6) is -0.307. The van der Waals surface area contributed by atoms with E-state index in [0.717, 1.165) is 44.5 Å². The van der Waals surface area contributed by atoms with E-state index in [1.54, 1.807) is 6.92 Å². The van der Waals surface area contributed by atoms with Gasteiger partial charge in [0.2, 0.25) is 5.91 Å². The molecule has 3 heterocycles. The number of benzene rings is 1. The van der Waals surface area contributed by atoms with Crippen molar-refractivity contribution in [2.24, 2.45) is 11.3 Å². The highest BCUT2D eigenvalue weighted by Gasteiger charge is 2.81. The third kappa shape index (κ3) is 1.55. The molecule has 0 unspecified atom stereocenters. The summed E-state index contributed by atoms with van der Waals surface area (Å²) >= 11 is 0. The number of ether oxygens (including phenoxy) is 1. The van der Waals surface area contributed by atoms with Gasteiger partial charge in [0.1, 0.15) is 0 Å². The molecule has 1 amide bonds. The zero-order valence-corrected chi connectivity index (χ0v) is 16.7. The molecule has 0 aromatic heterocycles. The Bertz CT molecular complexity index is 900. The van der Waals surface area contributed by atoms with E-state index in [2.05, 4.69) is 23.1 Å². The summed E-state index contributed by atoms with van der Waals surface area (Å²) in [7, 11) is 1.51. The highest BCUT2D eigenvalue weighted by atomic mass is 16.5. The number of rotatable bonds is 1. The monoisotopic (exact) mass is 380 g/mol. The lowest BCUT2D eigenvalue weighted by Crippen LogP contribution is -2.79. The van der Waals surface area contributed by atoms with Gasteiger partial charge in [-0.05, 0) is 68.7 Å². The van der Waals surface area contributed by atoms with Crippen LogP contribution in [0.2, 0.25) is 0 Å². The second-order valence-electron chi connectivity index (χ2n) is 9.70. The molecule has 3 spiro atoms. The minimum atomic E-state index is -0.478. The molecule has 1 aromatic carbocycles. The first-order valence-electron chi connectivity index (χ1n) is 10.7. The summed E-state index contributed by atoms with van der Waals surface area (Å²) in [6.45, 7) is 3.89. The number of amides is 1. The first kappa shape index (κ1) is 17.0. The summed E-state index contributed by atoms with van der Waals surface area (Å²) in [6, 6.07) is 8.91. The Morgan fingerprint density at radius 2 is 1.93 bits per heavy atom. The number of methoxy groups -OCH3 is 1. The average Bonchev–Trinajstić information content (AvgIpc) is 3.23. The zero-order chi connectivity index (χ0) is 19.3. The van der Waals surface area contributed by atoms with Gasteiger partial charge in [0.15, 0.2) is 0 Å². The van der Waals surface area contributed by atoms with Crippen molar-refractivity contribution in [3.63, 3.8) is 0 Å². The van der Waals surface area contributed by atoms with Crippen LogP contribution in [0.4, 0.5) is 5.69 Å². The number of anilines is 1. The van der Waals surface area contributed by atoms with Gasteiger partial charge in [0.05, 0.1) is 18.6 Å². The summed E-state index contributed by atoms with van der Waals surface area (Å²) < 4.78 is 5.36. The highest BCUT2D eigenvalue weighted by Crippen LogP contribution is 2.75. The van der Waals surface area contributed by atoms with Crippen LogP contribution in [0, 0.1) is 11.3 Å². The Morgan fingerprint density at radius 3 is 2.71 bits per heavy atom. The van der Waals surface area contributed by atoms with E-state index in [9.17, 15) is 9.59 Å². The van der Waals surface area contributed by atoms with E-state index in [4.69, 9.17) is 4.74 Å². The van der Waals surface area contributed by atoms with E-state index in [0.29, 0.717) is 6.04 Å². The van der Waals surface area contributed by atoms with Gasteiger partial charge in [-0.2, -0.15) is 0 Å². The SMILES string of the molecule is COC(=O)[C@@H]1C[C@@]23CCCN4CC[C@]5(c6ccccc6N(C(C)=O)[C@@]15CC2)[C@@H]43. The molecular formula is C23H28N2O3. The number of carbonyl (C=O) groups excluding carboxylic acids is 2. The van der Waals surface area contributed by atoms with Gasteiger partial charge in [-0.15, -0.1) is 0 Å². The van der Waals surface area contributed by atoms with Crippen molar-refractivity contribution < 1.29 is 14.3 Å². The lowest BCUT2D eigenvalue weighted by molar-refractivity contribution is -0.175. The Hall–Kier alpha value is -1.88. The number of carbonyl (C=O) groups is 2. The van der Waals surface area contributed by atoms with Crippen LogP contribution in [0.3, 0.4) is 0 Å². The molecular weight excluding hydrogens is 352 g/mol. The molecule has 3 saturated carbocycles. The average molecular weight is 380 g/mol. The van der Waals surface area contributed by atoms with Gasteiger partial charge in [-0.1, -0.05) is 18.2 Å². The van der Waals surface area contributed by atoms with Crippen LogP contribution in [-0.2, 0) is 19.7 Å². The summed E-state index contributed by atoms with van der Waals surface area (Å²) in [5.41, 5.74) is 1.89. The molecule has 7 rings (SSSR count). The molecule has 5 fully saturated rings. The zero-order valence-electron chi connectivity index (χ0n) is 16.7. The molecule has 5 nitrogen and oxygen atoms in total. The van der Waals surface area contributed by atoms with Gasteiger partial charge in [0.25, 0.3) is 0 Å². The quantitative estimate of drug-likeness (QED) is 0.703. The minimum absolute atomic E-state index is 0.0573. The Kier molecular flexibility index (Phi) is 3.15. The van der Waals surface area contributed by atoms with Crippen molar-refractivity contribution in [3.05, 3.63) is 29.8 Å². The van der Waals surface area contributed by atoms with Crippen LogP contribution in [0.5, 0.6) is 0 Å². The maximum Gasteiger partial charge on any atom is 0.311 e. The van der Waals surface area contributed by atoms with Gasteiger partial charge in [-0.3, -0.25) is 14.5 Å². The van der Waals surface area contributed by atoms with Crippen LogP contribution in [0.1, 0.15) is 51.0 Å². The molecule has 5 atom stereocenters. The predicted octanol–water partition coefficient (Wildman–Crippen LogP) is 2.87. The fourth-order valence-corrected chi connectivity index (χ4v) is 8.69. The van der Waals surface area contributed by atoms with Gasteiger partial charge in [0, 0.05) is 24.1 Å². The molecule has 148 valence electrons. The second kappa shape index (κ2) is 5.18. The molecule has 5 heteroatoms. The van der Waals surface area contributed by atoms with E-state index in [-0.39, 0.29) is 28.6 Å². The standard InChI is InChI=1S/C23H28N2O3/c1-15(26)25-18-7-4-3-6-16(18)22-11-13-24-12-5-8-21(20(22)24)9-10-23(22,25)17(14-21)19(27)28-2/h3-4,6-7,17,20H,5,8-14H2,1-2H3/t17-,20-,21+,22-,23-/m0/s1. The van der Waals surface area contributed by atoms with Crippen LogP contribution in [0.15, 0.2) is 24.3 Å². The topological polar surface area (TPSA) is 49.9 Å². The van der Waals surface area contributed by atoms with Crippen LogP contribution < -0.4 is 4.90 Å². The summed E-state index contributed by atoms with van der Waals surface area (Å²) in [4.78, 5) is 31.0. The Morgan fingerprint density at radius 1 is 1.11 bits per heavy atom. The van der Waals surface area contributed by atoms with Crippen molar-refractivity contribution >= 4 is 17.6 Å². The Balaban J connectivity index is 1.70. The van der Waals surface area contributed by atoms with Gasteiger partial charge < -0.3 is 9.64 Å². The van der Waals surface area contributed by atoms with E-state index in [1.807, 2.05) is 11.0 Å². The number of esters is 1. The number of fused-ring (bicyclic) bond motifs is 3. The number of hydrogen-bond donors (Lipinski definition) is 0. The van der Waals surface area contributed by atoms with E-state index >= 15 is 0 Å². The number of nitrogens with zero attached hydrogens (tertiary/aromatic N) is 2. The molecule has 28 heavy (non-hydrogen) atoms. The fraction of sp³-hybridized carbons (Fsp3) is 0.652. The van der Waals surface area contributed by atoms with Crippen molar-refractivity contribution in [1.29, 1.82) is 0 Å².